The van der Waals surface area contributed by atoms with Crippen LogP contribution in [-0.4, -0.2) is 40.9 Å². The molecule has 1 aromatic carbocycles. The number of piperidine rings is 1. The van der Waals surface area contributed by atoms with Crippen LogP contribution in [0.3, 0.4) is 0 Å². The number of benzene rings is 1. The molecule has 0 radical (unpaired) electrons. The maximum atomic E-state index is 6.23. The Morgan fingerprint density at radius 3 is 2.86 bits per heavy atom. The van der Waals surface area contributed by atoms with Gasteiger partial charge in [0, 0.05) is 25.2 Å². The minimum Gasteiger partial charge on any atom is -0.486 e. The number of aromatic nitrogens is 2. The molecule has 0 aliphatic carbocycles. The van der Waals surface area contributed by atoms with Crippen molar-refractivity contribution in [3.63, 3.8) is 0 Å². The number of nitrogens with zero attached hydrogens (tertiary/aromatic N) is 3. The van der Waals surface area contributed by atoms with Crippen molar-refractivity contribution >= 4 is 40.7 Å². The van der Waals surface area contributed by atoms with Crippen LogP contribution in [0, 0.1) is 0 Å². The Balaban J connectivity index is 1.38. The Labute approximate surface area is 180 Å². The van der Waals surface area contributed by atoms with Crippen LogP contribution in [0.2, 0.25) is 5.15 Å². The Morgan fingerprint density at radius 1 is 1.21 bits per heavy atom. The van der Waals surface area contributed by atoms with Gasteiger partial charge < -0.3 is 25.0 Å². The zero-order valence-corrected chi connectivity index (χ0v) is 17.9. The van der Waals surface area contributed by atoms with Gasteiger partial charge in [-0.25, -0.2) is 4.98 Å². The van der Waals surface area contributed by atoms with Crippen molar-refractivity contribution in [2.45, 2.75) is 38.8 Å². The van der Waals surface area contributed by atoms with E-state index in [-0.39, 0.29) is 0 Å². The molecule has 9 heteroatoms. The number of anilines is 2. The maximum Gasteiger partial charge on any atom is 0.232 e. The molecule has 2 N–H and O–H groups in total. The third kappa shape index (κ3) is 5.00. The maximum absolute atomic E-state index is 6.23. The second kappa shape index (κ2) is 9.00. The molecule has 0 unspecified atom stereocenters. The SMILES string of the molecule is C[C@@H]1CCCCN1c1cc(Cl)nc(NC(=S)NCc2ccc3c(c2)OCCO3)n1. The van der Waals surface area contributed by atoms with Crippen molar-refractivity contribution < 1.29 is 9.47 Å². The molecule has 0 amide bonds. The van der Waals surface area contributed by atoms with Gasteiger partial charge in [0.1, 0.15) is 24.2 Å². The largest absolute Gasteiger partial charge is 0.486 e. The van der Waals surface area contributed by atoms with Gasteiger partial charge in [-0.1, -0.05) is 17.7 Å². The molecule has 0 saturated carbocycles. The van der Waals surface area contributed by atoms with E-state index in [0.29, 0.717) is 42.0 Å². The van der Waals surface area contributed by atoms with Crippen LogP contribution in [0.1, 0.15) is 31.7 Å². The van der Waals surface area contributed by atoms with E-state index < -0.39 is 0 Å². The van der Waals surface area contributed by atoms with Gasteiger partial charge in [0.2, 0.25) is 5.95 Å². The highest BCUT2D eigenvalue weighted by molar-refractivity contribution is 7.80. The van der Waals surface area contributed by atoms with Gasteiger partial charge in [-0.15, -0.1) is 0 Å². The van der Waals surface area contributed by atoms with Crippen molar-refractivity contribution in [3.05, 3.63) is 35.0 Å². The van der Waals surface area contributed by atoms with Crippen LogP contribution < -0.4 is 25.0 Å². The first kappa shape index (κ1) is 20.0. The van der Waals surface area contributed by atoms with Crippen molar-refractivity contribution in [2.75, 3.05) is 30.0 Å². The molecule has 29 heavy (non-hydrogen) atoms. The monoisotopic (exact) mass is 433 g/mol. The Morgan fingerprint density at radius 2 is 2.03 bits per heavy atom. The molecular formula is C20H24ClN5O2S. The summed E-state index contributed by atoms with van der Waals surface area (Å²) in [5, 5.41) is 7.03. The van der Waals surface area contributed by atoms with E-state index in [0.717, 1.165) is 42.3 Å². The first-order chi connectivity index (χ1) is 14.1. The Kier molecular flexibility index (Phi) is 6.20. The minimum absolute atomic E-state index is 0.393. The van der Waals surface area contributed by atoms with E-state index in [1.807, 2.05) is 18.2 Å². The Bertz CT molecular complexity index is 897. The van der Waals surface area contributed by atoms with E-state index in [1.165, 1.54) is 6.42 Å². The van der Waals surface area contributed by atoms with Crippen LogP contribution in [0.15, 0.2) is 24.3 Å². The summed E-state index contributed by atoms with van der Waals surface area (Å²) in [6.07, 6.45) is 3.56. The van der Waals surface area contributed by atoms with Crippen LogP contribution >= 0.6 is 23.8 Å². The molecule has 7 nitrogen and oxygen atoms in total. The minimum atomic E-state index is 0.393. The molecular weight excluding hydrogens is 410 g/mol. The summed E-state index contributed by atoms with van der Waals surface area (Å²) in [5.74, 6) is 2.75. The van der Waals surface area contributed by atoms with Crippen LogP contribution in [0.25, 0.3) is 0 Å². The zero-order valence-electron chi connectivity index (χ0n) is 16.3. The number of hydrogen-bond donors (Lipinski definition) is 2. The van der Waals surface area contributed by atoms with Crippen LogP contribution in [0.5, 0.6) is 11.5 Å². The van der Waals surface area contributed by atoms with Gasteiger partial charge in [-0.05, 0) is 56.1 Å². The predicted molar refractivity (Wildman–Crippen MR) is 118 cm³/mol. The molecule has 2 aliphatic rings. The van der Waals surface area contributed by atoms with Crippen molar-refractivity contribution in [2.24, 2.45) is 0 Å². The standard InChI is InChI=1S/C20H24ClN5O2S/c1-13-4-2-3-7-26(13)18-11-17(21)23-19(24-18)25-20(29)22-12-14-5-6-15-16(10-14)28-9-8-27-15/h5-6,10-11,13H,2-4,7-9,12H2,1H3,(H2,22,23,24,25,29)/t13-/m1/s1. The molecule has 2 aliphatic heterocycles. The van der Waals surface area contributed by atoms with Gasteiger partial charge in [0.15, 0.2) is 16.6 Å². The molecule has 0 spiro atoms. The van der Waals surface area contributed by atoms with Gasteiger partial charge >= 0.3 is 0 Å². The van der Waals surface area contributed by atoms with Crippen molar-refractivity contribution in [1.82, 2.24) is 15.3 Å². The third-order valence-corrected chi connectivity index (χ3v) is 5.50. The lowest BCUT2D eigenvalue weighted by Crippen LogP contribution is -2.38. The van der Waals surface area contributed by atoms with E-state index in [2.05, 4.69) is 32.4 Å². The highest BCUT2D eigenvalue weighted by Crippen LogP contribution is 2.30. The normalized spacial score (nSPS) is 18.3. The number of halogens is 1. The summed E-state index contributed by atoms with van der Waals surface area (Å²) < 4.78 is 11.2. The molecule has 2 aromatic rings. The van der Waals surface area contributed by atoms with Gasteiger partial charge in [-0.2, -0.15) is 4.98 Å². The van der Waals surface area contributed by atoms with Crippen LogP contribution in [0.4, 0.5) is 11.8 Å². The summed E-state index contributed by atoms with van der Waals surface area (Å²) in [6, 6.07) is 8.09. The molecule has 1 aromatic heterocycles. The first-order valence-corrected chi connectivity index (χ1v) is 10.6. The summed E-state index contributed by atoms with van der Waals surface area (Å²) in [6.45, 7) is 4.87. The first-order valence-electron chi connectivity index (χ1n) is 9.83. The molecule has 154 valence electrons. The molecule has 4 rings (SSSR count). The Hall–Kier alpha value is -2.32. The van der Waals surface area contributed by atoms with Crippen molar-refractivity contribution in [3.8, 4) is 11.5 Å². The number of thiocarbonyl (C=S) groups is 1. The lowest BCUT2D eigenvalue weighted by molar-refractivity contribution is 0.171. The highest BCUT2D eigenvalue weighted by atomic mass is 35.5. The lowest BCUT2D eigenvalue weighted by atomic mass is 10.0. The van der Waals surface area contributed by atoms with Gasteiger partial charge in [-0.3, -0.25) is 0 Å². The van der Waals surface area contributed by atoms with Crippen LogP contribution in [-0.2, 0) is 6.54 Å². The summed E-state index contributed by atoms with van der Waals surface area (Å²) >= 11 is 11.6. The number of rotatable bonds is 4. The highest BCUT2D eigenvalue weighted by Gasteiger charge is 2.21. The second-order valence-corrected chi connectivity index (χ2v) is 7.99. The fraction of sp³-hybridized carbons (Fsp3) is 0.450. The smallest absolute Gasteiger partial charge is 0.232 e. The average Bonchev–Trinajstić information content (AvgIpc) is 2.72. The van der Waals surface area contributed by atoms with E-state index >= 15 is 0 Å². The molecule has 0 bridgehead atoms. The summed E-state index contributed by atoms with van der Waals surface area (Å²) in [4.78, 5) is 11.1. The second-order valence-electron chi connectivity index (χ2n) is 7.20. The van der Waals surface area contributed by atoms with Gasteiger partial charge in [0.25, 0.3) is 0 Å². The fourth-order valence-electron chi connectivity index (χ4n) is 3.57. The number of nitrogens with one attached hydrogen (secondary N) is 2. The molecule has 1 atom stereocenters. The van der Waals surface area contributed by atoms with E-state index in [9.17, 15) is 0 Å². The van der Waals surface area contributed by atoms with E-state index in [1.54, 1.807) is 6.07 Å². The number of ether oxygens (including phenoxy) is 2. The quantitative estimate of drug-likeness (QED) is 0.557. The fourth-order valence-corrected chi connectivity index (χ4v) is 3.91. The number of fused-ring (bicyclic) bond motifs is 1. The zero-order chi connectivity index (χ0) is 20.2. The average molecular weight is 434 g/mol. The van der Waals surface area contributed by atoms with E-state index in [4.69, 9.17) is 33.3 Å². The summed E-state index contributed by atoms with van der Waals surface area (Å²) in [5.41, 5.74) is 1.04. The third-order valence-electron chi connectivity index (χ3n) is 5.06. The number of hydrogen-bond acceptors (Lipinski definition) is 6. The lowest BCUT2D eigenvalue weighted by Gasteiger charge is -2.34. The van der Waals surface area contributed by atoms with Crippen molar-refractivity contribution in [1.29, 1.82) is 0 Å². The topological polar surface area (TPSA) is 71.5 Å². The predicted octanol–water partition coefficient (Wildman–Crippen LogP) is 3.77. The molecule has 1 saturated heterocycles. The summed E-state index contributed by atoms with van der Waals surface area (Å²) in [7, 11) is 0. The molecule has 3 heterocycles. The van der Waals surface area contributed by atoms with Gasteiger partial charge in [0.05, 0.1) is 0 Å². The molecule has 1 fully saturated rings.